The maximum absolute atomic E-state index is 11.2. The highest BCUT2D eigenvalue weighted by molar-refractivity contribution is 14.0. The van der Waals surface area contributed by atoms with E-state index in [4.69, 9.17) is 4.74 Å². The number of rotatable bonds is 8. The lowest BCUT2D eigenvalue weighted by molar-refractivity contribution is 0.414. The molecule has 0 amide bonds. The Morgan fingerprint density at radius 3 is 2.42 bits per heavy atom. The highest BCUT2D eigenvalue weighted by atomic mass is 127. The SMILES string of the molecule is CN=C(NCCc1ccc(OC)cc1)NC(C)CCS(C)(=O)=O.I. The molecule has 6 nitrogen and oxygen atoms in total. The first-order valence-corrected chi connectivity index (χ1v) is 9.68. The van der Waals surface area contributed by atoms with Crippen molar-refractivity contribution in [1.82, 2.24) is 10.6 Å². The smallest absolute Gasteiger partial charge is 0.191 e. The molecule has 0 heterocycles. The summed E-state index contributed by atoms with van der Waals surface area (Å²) in [6, 6.07) is 7.99. The van der Waals surface area contributed by atoms with Gasteiger partial charge in [0.25, 0.3) is 0 Å². The second-order valence-corrected chi connectivity index (χ2v) is 7.82. The Kier molecular flexibility index (Phi) is 11.0. The molecule has 0 aliphatic carbocycles. The monoisotopic (exact) mass is 469 g/mol. The van der Waals surface area contributed by atoms with Gasteiger partial charge in [0.05, 0.1) is 12.9 Å². The van der Waals surface area contributed by atoms with Crippen molar-refractivity contribution in [3.63, 3.8) is 0 Å². The molecule has 0 aromatic heterocycles. The molecule has 2 N–H and O–H groups in total. The van der Waals surface area contributed by atoms with Crippen LogP contribution in [0.15, 0.2) is 29.3 Å². The second-order valence-electron chi connectivity index (χ2n) is 5.56. The third kappa shape index (κ3) is 9.96. The molecule has 0 aliphatic rings. The number of aliphatic imine (C=N–C) groups is 1. The minimum Gasteiger partial charge on any atom is -0.497 e. The zero-order valence-corrected chi connectivity index (χ0v) is 17.9. The fourth-order valence-corrected chi connectivity index (χ4v) is 2.79. The average Bonchev–Trinajstić information content (AvgIpc) is 2.52. The zero-order valence-electron chi connectivity index (χ0n) is 14.7. The first-order chi connectivity index (χ1) is 10.8. The molecule has 138 valence electrons. The number of ether oxygens (including phenoxy) is 1. The number of nitrogens with one attached hydrogen (secondary N) is 2. The summed E-state index contributed by atoms with van der Waals surface area (Å²) in [6.07, 6.45) is 2.67. The van der Waals surface area contributed by atoms with Crippen molar-refractivity contribution in [3.05, 3.63) is 29.8 Å². The van der Waals surface area contributed by atoms with Gasteiger partial charge in [0.2, 0.25) is 0 Å². The van der Waals surface area contributed by atoms with Crippen LogP contribution in [0.25, 0.3) is 0 Å². The number of halogens is 1. The number of hydrogen-bond donors (Lipinski definition) is 2. The molecular formula is C16H28IN3O3S. The topological polar surface area (TPSA) is 79.8 Å². The van der Waals surface area contributed by atoms with Gasteiger partial charge in [-0.3, -0.25) is 4.99 Å². The molecule has 1 atom stereocenters. The molecule has 0 fully saturated rings. The van der Waals surface area contributed by atoms with Crippen molar-refractivity contribution in [2.75, 3.05) is 32.7 Å². The lowest BCUT2D eigenvalue weighted by Crippen LogP contribution is -2.43. The van der Waals surface area contributed by atoms with Crippen LogP contribution in [0.4, 0.5) is 0 Å². The van der Waals surface area contributed by atoms with E-state index in [1.807, 2.05) is 31.2 Å². The molecule has 8 heteroatoms. The first kappa shape index (κ1) is 23.0. The zero-order chi connectivity index (χ0) is 17.3. The Morgan fingerprint density at radius 2 is 1.92 bits per heavy atom. The van der Waals surface area contributed by atoms with E-state index >= 15 is 0 Å². The number of guanidine groups is 1. The van der Waals surface area contributed by atoms with Crippen LogP contribution in [0.5, 0.6) is 5.75 Å². The van der Waals surface area contributed by atoms with Crippen LogP contribution in [0.2, 0.25) is 0 Å². The van der Waals surface area contributed by atoms with E-state index in [-0.39, 0.29) is 35.8 Å². The van der Waals surface area contributed by atoms with Gasteiger partial charge in [0.15, 0.2) is 5.96 Å². The number of nitrogens with zero attached hydrogens (tertiary/aromatic N) is 1. The molecular weight excluding hydrogens is 441 g/mol. The molecule has 1 unspecified atom stereocenters. The average molecular weight is 469 g/mol. The van der Waals surface area contributed by atoms with E-state index in [1.165, 1.54) is 11.8 Å². The standard InChI is InChI=1S/C16H27N3O3S.HI/c1-13(10-12-23(4,20)21)19-16(17-2)18-11-9-14-5-7-15(22-3)8-6-14;/h5-8,13H,9-12H2,1-4H3,(H2,17,18,19);1H. The molecule has 24 heavy (non-hydrogen) atoms. The number of hydrogen-bond acceptors (Lipinski definition) is 4. The first-order valence-electron chi connectivity index (χ1n) is 7.62. The van der Waals surface area contributed by atoms with E-state index in [2.05, 4.69) is 15.6 Å². The van der Waals surface area contributed by atoms with Crippen LogP contribution in [-0.4, -0.2) is 53.1 Å². The molecule has 0 saturated heterocycles. The van der Waals surface area contributed by atoms with Gasteiger partial charge in [-0.15, -0.1) is 24.0 Å². The molecule has 1 aromatic rings. The summed E-state index contributed by atoms with van der Waals surface area (Å²) in [5, 5.41) is 6.43. The van der Waals surface area contributed by atoms with E-state index in [1.54, 1.807) is 14.2 Å². The van der Waals surface area contributed by atoms with Crippen LogP contribution in [0.1, 0.15) is 18.9 Å². The van der Waals surface area contributed by atoms with Gasteiger partial charge in [-0.1, -0.05) is 12.1 Å². The largest absolute Gasteiger partial charge is 0.497 e. The summed E-state index contributed by atoms with van der Waals surface area (Å²) >= 11 is 0. The highest BCUT2D eigenvalue weighted by Crippen LogP contribution is 2.11. The van der Waals surface area contributed by atoms with Crippen molar-refractivity contribution in [3.8, 4) is 5.75 Å². The molecule has 0 saturated carbocycles. The van der Waals surface area contributed by atoms with Crippen LogP contribution in [0.3, 0.4) is 0 Å². The quantitative estimate of drug-likeness (QED) is 0.345. The third-order valence-electron chi connectivity index (χ3n) is 3.39. The predicted molar refractivity (Wildman–Crippen MR) is 110 cm³/mol. The van der Waals surface area contributed by atoms with E-state index in [0.717, 1.165) is 18.7 Å². The minimum atomic E-state index is -2.93. The fraction of sp³-hybridized carbons (Fsp3) is 0.562. The Labute approximate surface area is 162 Å². The van der Waals surface area contributed by atoms with Crippen LogP contribution in [0, 0.1) is 0 Å². The maximum atomic E-state index is 11.2. The van der Waals surface area contributed by atoms with Crippen molar-refractivity contribution >= 4 is 39.8 Å². The van der Waals surface area contributed by atoms with Gasteiger partial charge < -0.3 is 15.4 Å². The van der Waals surface area contributed by atoms with Crippen molar-refractivity contribution in [1.29, 1.82) is 0 Å². The highest BCUT2D eigenvalue weighted by Gasteiger charge is 2.09. The van der Waals surface area contributed by atoms with Crippen molar-refractivity contribution in [2.24, 2.45) is 4.99 Å². The van der Waals surface area contributed by atoms with Gasteiger partial charge in [-0.2, -0.15) is 0 Å². The molecule has 1 aromatic carbocycles. The summed E-state index contributed by atoms with van der Waals surface area (Å²) in [7, 11) is 0.419. The van der Waals surface area contributed by atoms with Crippen LogP contribution in [-0.2, 0) is 16.3 Å². The van der Waals surface area contributed by atoms with Crippen LogP contribution < -0.4 is 15.4 Å². The summed E-state index contributed by atoms with van der Waals surface area (Å²) in [5.74, 6) is 1.70. The van der Waals surface area contributed by atoms with Crippen molar-refractivity contribution < 1.29 is 13.2 Å². The normalized spacial score (nSPS) is 12.9. The number of benzene rings is 1. The van der Waals surface area contributed by atoms with Crippen LogP contribution >= 0.6 is 24.0 Å². The Morgan fingerprint density at radius 1 is 1.29 bits per heavy atom. The molecule has 0 aliphatic heterocycles. The Hall–Kier alpha value is -1.03. The molecule has 0 radical (unpaired) electrons. The Bertz CT molecular complexity index is 603. The lowest BCUT2D eigenvalue weighted by Gasteiger charge is -2.17. The van der Waals surface area contributed by atoms with Gasteiger partial charge in [-0.25, -0.2) is 8.42 Å². The number of methoxy groups -OCH3 is 1. The number of sulfone groups is 1. The van der Waals surface area contributed by atoms with E-state index in [0.29, 0.717) is 12.4 Å². The second kappa shape index (κ2) is 11.5. The van der Waals surface area contributed by atoms with E-state index in [9.17, 15) is 8.42 Å². The molecule has 0 bridgehead atoms. The summed E-state index contributed by atoms with van der Waals surface area (Å²) in [6.45, 7) is 2.69. The molecule has 0 spiro atoms. The summed E-state index contributed by atoms with van der Waals surface area (Å²) in [5.41, 5.74) is 1.21. The summed E-state index contributed by atoms with van der Waals surface area (Å²) in [4.78, 5) is 4.16. The van der Waals surface area contributed by atoms with Gasteiger partial charge >= 0.3 is 0 Å². The van der Waals surface area contributed by atoms with Gasteiger partial charge in [0, 0.05) is 25.9 Å². The lowest BCUT2D eigenvalue weighted by atomic mass is 10.1. The maximum Gasteiger partial charge on any atom is 0.191 e. The van der Waals surface area contributed by atoms with Gasteiger partial charge in [-0.05, 0) is 37.5 Å². The minimum absolute atomic E-state index is 0. The Balaban J connectivity index is 0.00000529. The van der Waals surface area contributed by atoms with Gasteiger partial charge in [0.1, 0.15) is 15.6 Å². The van der Waals surface area contributed by atoms with E-state index < -0.39 is 9.84 Å². The fourth-order valence-electron chi connectivity index (χ4n) is 2.01. The molecule has 1 rings (SSSR count). The predicted octanol–water partition coefficient (Wildman–Crippen LogP) is 1.84. The summed E-state index contributed by atoms with van der Waals surface area (Å²) < 4.78 is 27.5. The third-order valence-corrected chi connectivity index (χ3v) is 4.37. The van der Waals surface area contributed by atoms with Crippen molar-refractivity contribution in [2.45, 2.75) is 25.8 Å².